The van der Waals surface area contributed by atoms with Crippen LogP contribution < -0.4 is 14.4 Å². The molecule has 0 radical (unpaired) electrons. The molecule has 0 saturated carbocycles. The van der Waals surface area contributed by atoms with Crippen LogP contribution in [0, 0.1) is 0 Å². The molecule has 0 fully saturated rings. The van der Waals surface area contributed by atoms with Crippen LogP contribution in [0.4, 0.5) is 5.69 Å². The van der Waals surface area contributed by atoms with Gasteiger partial charge in [-0.3, -0.25) is 14.5 Å². The zero-order valence-electron chi connectivity index (χ0n) is 16.1. The average molecular weight is 377 g/mol. The normalized spacial score (nSPS) is 19.5. The summed E-state index contributed by atoms with van der Waals surface area (Å²) < 4.78 is 10.9. The van der Waals surface area contributed by atoms with Gasteiger partial charge < -0.3 is 9.47 Å². The Morgan fingerprint density at radius 2 is 1.75 bits per heavy atom. The van der Waals surface area contributed by atoms with Gasteiger partial charge in [-0.1, -0.05) is 18.2 Å². The third-order valence-corrected chi connectivity index (χ3v) is 5.50. The van der Waals surface area contributed by atoms with Gasteiger partial charge in [-0.15, -0.1) is 0 Å². The molecule has 1 aliphatic heterocycles. The van der Waals surface area contributed by atoms with E-state index < -0.39 is 0 Å². The van der Waals surface area contributed by atoms with Crippen molar-refractivity contribution in [3.05, 3.63) is 65.4 Å². The molecule has 2 aliphatic rings. The number of rotatable bonds is 4. The summed E-state index contributed by atoms with van der Waals surface area (Å²) in [5, 5.41) is 0. The van der Waals surface area contributed by atoms with Gasteiger partial charge in [-0.25, -0.2) is 0 Å². The first-order chi connectivity index (χ1) is 13.6. The molecule has 1 aliphatic carbocycles. The third-order valence-electron chi connectivity index (χ3n) is 5.50. The summed E-state index contributed by atoms with van der Waals surface area (Å²) in [6.45, 7) is 0. The number of methoxy groups -OCH3 is 2. The number of ether oxygens (including phenoxy) is 2. The molecule has 4 rings (SSSR count). The molecule has 0 saturated heterocycles. The number of carbonyl (C=O) groups excluding carboxylic acids is 2. The van der Waals surface area contributed by atoms with Crippen molar-refractivity contribution in [1.29, 1.82) is 0 Å². The lowest BCUT2D eigenvalue weighted by Crippen LogP contribution is -2.40. The topological polar surface area (TPSA) is 55.8 Å². The van der Waals surface area contributed by atoms with Crippen LogP contribution in [0.2, 0.25) is 0 Å². The molecule has 0 bridgehead atoms. The molecule has 2 aromatic carbocycles. The Bertz CT molecular complexity index is 948. The Kier molecular flexibility index (Phi) is 4.90. The molecular weight excluding hydrogens is 354 g/mol. The van der Waals surface area contributed by atoms with Crippen molar-refractivity contribution in [3.63, 3.8) is 0 Å². The molecule has 1 unspecified atom stereocenters. The Morgan fingerprint density at radius 1 is 0.964 bits per heavy atom. The fourth-order valence-electron chi connectivity index (χ4n) is 4.25. The predicted molar refractivity (Wildman–Crippen MR) is 107 cm³/mol. The molecule has 5 nitrogen and oxygen atoms in total. The highest BCUT2D eigenvalue weighted by Gasteiger charge is 2.40. The van der Waals surface area contributed by atoms with Crippen molar-refractivity contribution in [3.8, 4) is 11.5 Å². The minimum Gasteiger partial charge on any atom is -0.497 e. The quantitative estimate of drug-likeness (QED) is 0.800. The van der Waals surface area contributed by atoms with E-state index in [2.05, 4.69) is 0 Å². The maximum absolute atomic E-state index is 13.2. The van der Waals surface area contributed by atoms with Crippen molar-refractivity contribution in [2.75, 3.05) is 19.1 Å². The van der Waals surface area contributed by atoms with Crippen LogP contribution in [-0.2, 0) is 9.59 Å². The maximum atomic E-state index is 13.2. The van der Waals surface area contributed by atoms with Crippen molar-refractivity contribution < 1.29 is 19.1 Å². The number of anilines is 1. The van der Waals surface area contributed by atoms with Crippen LogP contribution in [0.5, 0.6) is 11.5 Å². The first kappa shape index (κ1) is 18.3. The minimum atomic E-state index is -0.319. The molecule has 0 N–H and O–H groups in total. The van der Waals surface area contributed by atoms with E-state index in [0.717, 1.165) is 28.9 Å². The van der Waals surface area contributed by atoms with Gasteiger partial charge in [0, 0.05) is 41.3 Å². The van der Waals surface area contributed by atoms with E-state index in [-0.39, 0.29) is 24.0 Å². The second kappa shape index (κ2) is 7.50. The molecule has 0 spiro atoms. The monoisotopic (exact) mass is 377 g/mol. The van der Waals surface area contributed by atoms with Crippen molar-refractivity contribution in [1.82, 2.24) is 0 Å². The molecule has 5 heteroatoms. The summed E-state index contributed by atoms with van der Waals surface area (Å²) in [6.07, 6.45) is 2.21. The Morgan fingerprint density at radius 3 is 2.46 bits per heavy atom. The van der Waals surface area contributed by atoms with E-state index in [1.165, 1.54) is 0 Å². The third kappa shape index (κ3) is 3.07. The first-order valence-corrected chi connectivity index (χ1v) is 9.50. The van der Waals surface area contributed by atoms with Gasteiger partial charge in [0.2, 0.25) is 5.91 Å². The Hall–Kier alpha value is -3.08. The van der Waals surface area contributed by atoms with Crippen molar-refractivity contribution in [2.45, 2.75) is 31.6 Å². The van der Waals surface area contributed by atoms with Gasteiger partial charge in [-0.05, 0) is 43.2 Å². The van der Waals surface area contributed by atoms with Crippen LogP contribution >= 0.6 is 0 Å². The summed E-state index contributed by atoms with van der Waals surface area (Å²) >= 11 is 0. The molecular formula is C23H23NO4. The fourth-order valence-corrected chi connectivity index (χ4v) is 4.25. The van der Waals surface area contributed by atoms with E-state index in [4.69, 9.17) is 9.47 Å². The van der Waals surface area contributed by atoms with E-state index in [1.807, 2.05) is 48.5 Å². The number of Topliss-reactive ketones (excluding diaryl/α,β-unsaturated/α-hetero) is 1. The van der Waals surface area contributed by atoms with E-state index in [9.17, 15) is 9.59 Å². The number of hydrogen-bond acceptors (Lipinski definition) is 4. The molecule has 28 heavy (non-hydrogen) atoms. The minimum absolute atomic E-state index is 0.00507. The number of nitrogens with zero attached hydrogens (tertiary/aromatic N) is 1. The molecule has 0 aromatic heterocycles. The van der Waals surface area contributed by atoms with Gasteiger partial charge in [-0.2, -0.15) is 0 Å². The standard InChI is InChI=1S/C23H23NO4/c1-27-16-11-12-21(28-2)17(13-16)18-14-22(26)24(15-7-4-3-5-8-15)19-9-6-10-20(25)23(18)19/h3-5,7-8,11-13,18H,6,9-10,14H2,1-2H3. The number of allylic oxidation sites excluding steroid dienone is 2. The summed E-state index contributed by atoms with van der Waals surface area (Å²) in [5.74, 6) is 1.13. The van der Waals surface area contributed by atoms with E-state index in [0.29, 0.717) is 24.3 Å². The van der Waals surface area contributed by atoms with Crippen LogP contribution in [-0.4, -0.2) is 25.9 Å². The zero-order chi connectivity index (χ0) is 19.7. The number of carbonyl (C=O) groups is 2. The smallest absolute Gasteiger partial charge is 0.232 e. The molecule has 1 atom stereocenters. The van der Waals surface area contributed by atoms with Gasteiger partial charge in [0.05, 0.1) is 14.2 Å². The van der Waals surface area contributed by atoms with E-state index >= 15 is 0 Å². The largest absolute Gasteiger partial charge is 0.497 e. The SMILES string of the molecule is COc1ccc(OC)c(C2CC(=O)N(c3ccccc3)C3=C2C(=O)CCC3)c1. The lowest BCUT2D eigenvalue weighted by molar-refractivity contribution is -0.119. The number of hydrogen-bond donors (Lipinski definition) is 0. The lowest BCUT2D eigenvalue weighted by atomic mass is 9.76. The highest BCUT2D eigenvalue weighted by Crippen LogP contribution is 2.46. The number of amides is 1. The predicted octanol–water partition coefficient (Wildman–Crippen LogP) is 4.23. The van der Waals surface area contributed by atoms with Crippen LogP contribution in [0.15, 0.2) is 59.8 Å². The second-order valence-corrected chi connectivity index (χ2v) is 7.07. The first-order valence-electron chi connectivity index (χ1n) is 9.50. The fraction of sp³-hybridized carbons (Fsp3) is 0.304. The molecule has 144 valence electrons. The van der Waals surface area contributed by atoms with Gasteiger partial charge in [0.25, 0.3) is 0 Å². The van der Waals surface area contributed by atoms with Crippen LogP contribution in [0.1, 0.15) is 37.2 Å². The van der Waals surface area contributed by atoms with Crippen molar-refractivity contribution in [2.24, 2.45) is 0 Å². The molecule has 1 heterocycles. The van der Waals surface area contributed by atoms with Gasteiger partial charge >= 0.3 is 0 Å². The number of benzene rings is 2. The van der Waals surface area contributed by atoms with E-state index in [1.54, 1.807) is 19.1 Å². The lowest BCUT2D eigenvalue weighted by Gasteiger charge is -2.38. The highest BCUT2D eigenvalue weighted by atomic mass is 16.5. The zero-order valence-corrected chi connectivity index (χ0v) is 16.1. The number of para-hydroxylation sites is 1. The van der Waals surface area contributed by atoms with Crippen molar-refractivity contribution >= 4 is 17.4 Å². The molecule has 1 amide bonds. The van der Waals surface area contributed by atoms with Crippen LogP contribution in [0.3, 0.4) is 0 Å². The molecule has 2 aromatic rings. The summed E-state index contributed by atoms with van der Waals surface area (Å²) in [7, 11) is 3.20. The number of ketones is 1. The second-order valence-electron chi connectivity index (χ2n) is 7.07. The highest BCUT2D eigenvalue weighted by molar-refractivity contribution is 6.07. The average Bonchev–Trinajstić information content (AvgIpc) is 2.73. The van der Waals surface area contributed by atoms with Crippen LogP contribution in [0.25, 0.3) is 0 Å². The Labute approximate surface area is 164 Å². The Balaban J connectivity index is 1.89. The summed E-state index contributed by atoms with van der Waals surface area (Å²) in [4.78, 5) is 27.9. The summed E-state index contributed by atoms with van der Waals surface area (Å²) in [5.41, 5.74) is 3.20. The van der Waals surface area contributed by atoms with Gasteiger partial charge in [0.1, 0.15) is 11.5 Å². The van der Waals surface area contributed by atoms with Gasteiger partial charge in [0.15, 0.2) is 5.78 Å². The summed E-state index contributed by atoms with van der Waals surface area (Å²) in [6, 6.07) is 15.1. The maximum Gasteiger partial charge on any atom is 0.232 e.